The van der Waals surface area contributed by atoms with Gasteiger partial charge in [-0.15, -0.1) is 0 Å². The molecule has 6 rings (SSSR count). The topological polar surface area (TPSA) is 88.8 Å². The lowest BCUT2D eigenvalue weighted by Crippen LogP contribution is -2.46. The summed E-state index contributed by atoms with van der Waals surface area (Å²) >= 11 is 0. The van der Waals surface area contributed by atoms with Gasteiger partial charge in [-0.25, -0.2) is 5.43 Å². The zero-order chi connectivity index (χ0) is 26.8. The van der Waals surface area contributed by atoms with Gasteiger partial charge < -0.3 is 9.30 Å². The van der Waals surface area contributed by atoms with E-state index in [-0.39, 0.29) is 11.5 Å². The Labute approximate surface area is 226 Å². The lowest BCUT2D eigenvalue weighted by atomic mass is 9.83. The zero-order valence-electron chi connectivity index (χ0n) is 21.9. The van der Waals surface area contributed by atoms with E-state index in [1.165, 1.54) is 0 Å². The van der Waals surface area contributed by atoms with Gasteiger partial charge in [-0.1, -0.05) is 24.3 Å². The molecule has 2 atom stereocenters. The summed E-state index contributed by atoms with van der Waals surface area (Å²) in [7, 11) is 0. The lowest BCUT2D eigenvalue weighted by Gasteiger charge is -2.43. The van der Waals surface area contributed by atoms with E-state index >= 15 is 0 Å². The predicted molar refractivity (Wildman–Crippen MR) is 151 cm³/mol. The molecule has 2 aromatic heterocycles. The van der Waals surface area contributed by atoms with Crippen LogP contribution in [0.5, 0.6) is 5.75 Å². The van der Waals surface area contributed by atoms with Crippen LogP contribution in [0.3, 0.4) is 0 Å². The van der Waals surface area contributed by atoms with Gasteiger partial charge in [0.25, 0.3) is 11.5 Å². The number of benzene rings is 2. The van der Waals surface area contributed by atoms with E-state index in [0.29, 0.717) is 24.0 Å². The molecule has 1 saturated heterocycles. The first kappa shape index (κ1) is 25.0. The number of nitrogens with one attached hydrogen (secondary N) is 1. The molecule has 4 aromatic rings. The number of hydrogen-bond acceptors (Lipinski definition) is 6. The van der Waals surface area contributed by atoms with Crippen LogP contribution >= 0.6 is 0 Å². The zero-order valence-corrected chi connectivity index (χ0v) is 21.9. The van der Waals surface area contributed by atoms with Crippen molar-refractivity contribution in [2.45, 2.75) is 32.4 Å². The Morgan fingerprint density at radius 3 is 2.90 bits per heavy atom. The predicted octanol–water partition coefficient (Wildman–Crippen LogP) is 4.18. The van der Waals surface area contributed by atoms with Gasteiger partial charge in [0.2, 0.25) is 0 Å². The van der Waals surface area contributed by atoms with Crippen LogP contribution in [-0.4, -0.2) is 46.3 Å². The van der Waals surface area contributed by atoms with Crippen molar-refractivity contribution in [2.75, 3.05) is 19.7 Å². The summed E-state index contributed by atoms with van der Waals surface area (Å²) in [6.45, 7) is 5.93. The number of nitrogens with zero attached hydrogens (tertiary/aromatic N) is 4. The molecule has 1 N–H and O–H groups in total. The second-order valence-electron chi connectivity index (χ2n) is 10.3. The van der Waals surface area contributed by atoms with Gasteiger partial charge in [0.05, 0.1) is 23.9 Å². The standard InChI is InChI=1S/C31H31N5O3/c1-2-39-29-11-10-21(15-33-34-31(38)24-14-23-6-3-4-7-27(23)32-16-24)12-26(29)20-35-17-22-13-25(19-35)28-8-5-9-30(37)36(28)18-22/h3-12,14-16,22,25H,2,13,17-20H2,1H3,(H,34,38)/b33-15+. The average molecular weight is 522 g/mol. The molecule has 1 amide bonds. The smallest absolute Gasteiger partial charge is 0.272 e. The highest BCUT2D eigenvalue weighted by Crippen LogP contribution is 2.36. The van der Waals surface area contributed by atoms with Gasteiger partial charge in [-0.05, 0) is 61.2 Å². The number of pyridine rings is 2. The van der Waals surface area contributed by atoms with Crippen LogP contribution in [0.1, 0.15) is 46.4 Å². The molecule has 1 fully saturated rings. The van der Waals surface area contributed by atoms with E-state index in [9.17, 15) is 9.59 Å². The first-order chi connectivity index (χ1) is 19.1. The third kappa shape index (κ3) is 5.33. The van der Waals surface area contributed by atoms with Crippen molar-refractivity contribution >= 4 is 23.0 Å². The van der Waals surface area contributed by atoms with E-state index in [2.05, 4.69) is 32.5 Å². The van der Waals surface area contributed by atoms with Crippen molar-refractivity contribution in [2.24, 2.45) is 11.0 Å². The molecule has 2 aliphatic heterocycles. The van der Waals surface area contributed by atoms with Crippen molar-refractivity contribution in [3.63, 3.8) is 0 Å². The Hall–Kier alpha value is -4.30. The minimum atomic E-state index is -0.310. The van der Waals surface area contributed by atoms with E-state index in [1.807, 2.05) is 60.0 Å². The molecule has 2 aliphatic rings. The van der Waals surface area contributed by atoms with Gasteiger partial charge in [-0.2, -0.15) is 5.10 Å². The molecule has 39 heavy (non-hydrogen) atoms. The van der Waals surface area contributed by atoms with Gasteiger partial charge in [0.15, 0.2) is 0 Å². The number of hydrogen-bond donors (Lipinski definition) is 1. The number of fused-ring (bicyclic) bond motifs is 5. The number of carbonyl (C=O) groups is 1. The number of ether oxygens (including phenoxy) is 1. The fraction of sp³-hybridized carbons (Fsp3) is 0.290. The average Bonchev–Trinajstić information content (AvgIpc) is 2.95. The third-order valence-electron chi connectivity index (χ3n) is 7.57. The highest BCUT2D eigenvalue weighted by atomic mass is 16.5. The molecule has 2 unspecified atom stereocenters. The van der Waals surface area contributed by atoms with Crippen molar-refractivity contribution in [1.82, 2.24) is 19.9 Å². The summed E-state index contributed by atoms with van der Waals surface area (Å²) in [5, 5.41) is 5.11. The number of para-hydroxylation sites is 1. The first-order valence-corrected chi connectivity index (χ1v) is 13.4. The molecule has 0 radical (unpaired) electrons. The minimum Gasteiger partial charge on any atom is -0.494 e. The van der Waals surface area contributed by atoms with E-state index in [1.54, 1.807) is 18.5 Å². The Bertz CT molecular complexity index is 1610. The van der Waals surface area contributed by atoms with Crippen LogP contribution in [0.25, 0.3) is 10.9 Å². The molecular weight excluding hydrogens is 490 g/mol. The van der Waals surface area contributed by atoms with Gasteiger partial charge in [-0.3, -0.25) is 19.5 Å². The quantitative estimate of drug-likeness (QED) is 0.291. The summed E-state index contributed by atoms with van der Waals surface area (Å²) in [6.07, 6.45) is 4.33. The van der Waals surface area contributed by atoms with Crippen molar-refractivity contribution in [3.05, 3.63) is 106 Å². The van der Waals surface area contributed by atoms with Crippen LogP contribution in [-0.2, 0) is 13.1 Å². The van der Waals surface area contributed by atoms with Gasteiger partial charge in [0, 0.05) is 61.0 Å². The summed E-state index contributed by atoms with van der Waals surface area (Å²) in [5.41, 5.74) is 7.11. The fourth-order valence-electron chi connectivity index (χ4n) is 5.89. The van der Waals surface area contributed by atoms with E-state index in [0.717, 1.165) is 66.1 Å². The lowest BCUT2D eigenvalue weighted by molar-refractivity contribution is 0.0955. The molecule has 2 aromatic carbocycles. The van der Waals surface area contributed by atoms with Crippen LogP contribution < -0.4 is 15.7 Å². The molecular formula is C31H31N5O3. The first-order valence-electron chi connectivity index (χ1n) is 13.4. The SMILES string of the molecule is CCOc1ccc(/C=N/NC(=O)c2cnc3ccccc3c2)cc1CN1CC2CC(C1)c1cccc(=O)n1C2. The van der Waals surface area contributed by atoms with Crippen LogP contribution in [0.4, 0.5) is 0 Å². The molecule has 0 aliphatic carbocycles. The Morgan fingerprint density at radius 1 is 1.10 bits per heavy atom. The number of aromatic nitrogens is 2. The largest absolute Gasteiger partial charge is 0.494 e. The number of amides is 1. The second kappa shape index (κ2) is 10.8. The maximum atomic E-state index is 12.6. The molecule has 198 valence electrons. The number of rotatable bonds is 7. The molecule has 2 bridgehead atoms. The van der Waals surface area contributed by atoms with Gasteiger partial charge in [0.1, 0.15) is 5.75 Å². The molecule has 8 heteroatoms. The fourth-order valence-corrected chi connectivity index (χ4v) is 5.89. The monoisotopic (exact) mass is 521 g/mol. The Balaban J connectivity index is 1.16. The van der Waals surface area contributed by atoms with Crippen LogP contribution in [0.2, 0.25) is 0 Å². The molecule has 4 heterocycles. The number of likely N-dealkylation sites (tertiary alicyclic amines) is 1. The third-order valence-corrected chi connectivity index (χ3v) is 7.57. The summed E-state index contributed by atoms with van der Waals surface area (Å²) in [6, 6.07) is 21.1. The van der Waals surface area contributed by atoms with E-state index in [4.69, 9.17) is 4.74 Å². The number of carbonyl (C=O) groups excluding carboxylic acids is 1. The summed E-state index contributed by atoms with van der Waals surface area (Å²) < 4.78 is 7.90. The van der Waals surface area contributed by atoms with Gasteiger partial charge >= 0.3 is 0 Å². The molecule has 0 spiro atoms. The van der Waals surface area contributed by atoms with E-state index < -0.39 is 0 Å². The minimum absolute atomic E-state index is 0.102. The van der Waals surface area contributed by atoms with Crippen molar-refractivity contribution in [1.29, 1.82) is 0 Å². The highest BCUT2D eigenvalue weighted by molar-refractivity contribution is 5.97. The Kier molecular flexibility index (Phi) is 6.94. The van der Waals surface area contributed by atoms with Crippen LogP contribution in [0, 0.1) is 5.92 Å². The second-order valence-corrected chi connectivity index (χ2v) is 10.3. The summed E-state index contributed by atoms with van der Waals surface area (Å²) in [5.74, 6) is 1.35. The van der Waals surface area contributed by atoms with Crippen LogP contribution in [0.15, 0.2) is 82.8 Å². The Morgan fingerprint density at radius 2 is 2.00 bits per heavy atom. The molecule has 8 nitrogen and oxygen atoms in total. The molecule has 0 saturated carbocycles. The number of hydrazone groups is 1. The maximum Gasteiger partial charge on any atom is 0.272 e. The number of piperidine rings is 1. The van der Waals surface area contributed by atoms with Crippen molar-refractivity contribution < 1.29 is 9.53 Å². The van der Waals surface area contributed by atoms with Crippen molar-refractivity contribution in [3.8, 4) is 5.75 Å². The summed E-state index contributed by atoms with van der Waals surface area (Å²) in [4.78, 5) is 31.8. The maximum absolute atomic E-state index is 12.6. The highest BCUT2D eigenvalue weighted by Gasteiger charge is 2.34. The normalized spacial score (nSPS) is 18.7.